The van der Waals surface area contributed by atoms with E-state index in [9.17, 15) is 19.5 Å². The average Bonchev–Trinajstić information content (AvgIpc) is 3.43. The average molecular weight is 521 g/mol. The summed E-state index contributed by atoms with van der Waals surface area (Å²) in [7, 11) is 2.73. The fraction of sp³-hybridized carbons (Fsp3) is 0.185. The van der Waals surface area contributed by atoms with Crippen molar-refractivity contribution in [1.82, 2.24) is 4.98 Å². The van der Waals surface area contributed by atoms with Crippen LogP contribution in [0.3, 0.4) is 0 Å². The number of anilines is 1. The van der Waals surface area contributed by atoms with Gasteiger partial charge in [-0.3, -0.25) is 14.5 Å². The van der Waals surface area contributed by atoms with Crippen molar-refractivity contribution in [3.63, 3.8) is 0 Å². The Morgan fingerprint density at radius 2 is 1.89 bits per heavy atom. The Balaban J connectivity index is 1.90. The third-order valence-corrected chi connectivity index (χ3v) is 6.85. The highest BCUT2D eigenvalue weighted by Crippen LogP contribution is 2.44. The molecular weight excluding hydrogens is 496 g/mol. The van der Waals surface area contributed by atoms with Gasteiger partial charge < -0.3 is 19.3 Å². The van der Waals surface area contributed by atoms with E-state index in [4.69, 9.17) is 14.2 Å². The number of rotatable bonds is 8. The Kier molecular flexibility index (Phi) is 7.40. The summed E-state index contributed by atoms with van der Waals surface area (Å²) in [4.78, 5) is 44.7. The molecule has 1 aliphatic heterocycles. The number of amides is 1. The standard InChI is InChI=1S/C27H24N2O7S/c1-5-13-36-18-11-9-16(10-12-18)21-20(22(30)17-7-6-8-19(14-17)34-3)23(31)25(32)29(21)27-28-15(2)24(37-27)26(33)35-4/h5-12,14,21,30H,1,13H2,2-4H3/t21-/m0/s1. The number of benzene rings is 2. The van der Waals surface area contributed by atoms with E-state index in [0.29, 0.717) is 34.9 Å². The van der Waals surface area contributed by atoms with Crippen LogP contribution in [0.2, 0.25) is 0 Å². The Morgan fingerprint density at radius 1 is 1.16 bits per heavy atom. The van der Waals surface area contributed by atoms with Gasteiger partial charge in [0.05, 0.1) is 31.5 Å². The van der Waals surface area contributed by atoms with Gasteiger partial charge in [0.2, 0.25) is 0 Å². The van der Waals surface area contributed by atoms with Crippen LogP contribution in [0.1, 0.15) is 32.5 Å². The van der Waals surface area contributed by atoms with Crippen LogP contribution in [0.5, 0.6) is 11.5 Å². The topological polar surface area (TPSA) is 115 Å². The van der Waals surface area contributed by atoms with Crippen LogP contribution < -0.4 is 14.4 Å². The summed E-state index contributed by atoms with van der Waals surface area (Å²) in [6, 6.07) is 12.3. The monoisotopic (exact) mass is 520 g/mol. The first-order valence-electron chi connectivity index (χ1n) is 11.2. The van der Waals surface area contributed by atoms with Gasteiger partial charge in [-0.15, -0.1) is 0 Å². The Hall–Kier alpha value is -4.44. The van der Waals surface area contributed by atoms with Crippen LogP contribution in [0.4, 0.5) is 5.13 Å². The fourth-order valence-electron chi connectivity index (χ4n) is 3.94. The second kappa shape index (κ2) is 10.7. The fourth-order valence-corrected chi connectivity index (χ4v) is 4.95. The minimum absolute atomic E-state index is 0.120. The van der Waals surface area contributed by atoms with Gasteiger partial charge in [0.25, 0.3) is 5.78 Å². The molecule has 4 rings (SSSR count). The summed E-state index contributed by atoms with van der Waals surface area (Å²) in [5, 5.41) is 11.4. The SMILES string of the molecule is C=CCOc1ccc([C@H]2C(=C(O)c3cccc(OC)c3)C(=O)C(=O)N2c2nc(C)c(C(=O)OC)s2)cc1. The number of ether oxygens (including phenoxy) is 3. The van der Waals surface area contributed by atoms with Crippen LogP contribution in [0.25, 0.3) is 5.76 Å². The van der Waals surface area contributed by atoms with E-state index in [-0.39, 0.29) is 21.3 Å². The molecule has 0 spiro atoms. The van der Waals surface area contributed by atoms with Crippen molar-refractivity contribution >= 4 is 39.9 Å². The van der Waals surface area contributed by atoms with E-state index in [0.717, 1.165) is 11.3 Å². The number of thiazole rings is 1. The zero-order chi connectivity index (χ0) is 26.7. The highest BCUT2D eigenvalue weighted by Gasteiger charge is 2.48. The van der Waals surface area contributed by atoms with Gasteiger partial charge >= 0.3 is 11.9 Å². The number of esters is 1. The Morgan fingerprint density at radius 3 is 2.54 bits per heavy atom. The van der Waals surface area contributed by atoms with Crippen molar-refractivity contribution < 1.29 is 33.7 Å². The number of Topliss-reactive ketones (excluding diaryl/α,β-unsaturated/α-hetero) is 1. The molecule has 1 fully saturated rings. The van der Waals surface area contributed by atoms with Crippen molar-refractivity contribution in [2.75, 3.05) is 25.7 Å². The van der Waals surface area contributed by atoms with Crippen LogP contribution in [-0.2, 0) is 14.3 Å². The molecule has 1 atom stereocenters. The highest BCUT2D eigenvalue weighted by molar-refractivity contribution is 7.17. The predicted molar refractivity (Wildman–Crippen MR) is 138 cm³/mol. The van der Waals surface area contributed by atoms with E-state index in [1.165, 1.54) is 19.1 Å². The maximum Gasteiger partial charge on any atom is 0.350 e. The second-order valence-corrected chi connectivity index (χ2v) is 8.95. The molecule has 2 heterocycles. The molecule has 1 amide bonds. The lowest BCUT2D eigenvalue weighted by atomic mass is 9.95. The molecule has 2 aromatic carbocycles. The Bertz CT molecular complexity index is 1410. The maximum atomic E-state index is 13.3. The number of ketones is 1. The lowest BCUT2D eigenvalue weighted by molar-refractivity contribution is -0.132. The van der Waals surface area contributed by atoms with Crippen molar-refractivity contribution in [2.45, 2.75) is 13.0 Å². The lowest BCUT2D eigenvalue weighted by Gasteiger charge is -2.23. The van der Waals surface area contributed by atoms with Gasteiger partial charge in [0.1, 0.15) is 28.7 Å². The van der Waals surface area contributed by atoms with E-state index in [1.807, 2.05) is 0 Å². The van der Waals surface area contributed by atoms with Crippen molar-refractivity contribution in [1.29, 1.82) is 0 Å². The molecule has 3 aromatic rings. The van der Waals surface area contributed by atoms with Crippen molar-refractivity contribution in [3.05, 3.63) is 88.5 Å². The van der Waals surface area contributed by atoms with Crippen molar-refractivity contribution in [2.24, 2.45) is 0 Å². The number of carbonyl (C=O) groups excluding carboxylic acids is 3. The van der Waals surface area contributed by atoms with Crippen LogP contribution >= 0.6 is 11.3 Å². The molecule has 1 aromatic heterocycles. The molecule has 37 heavy (non-hydrogen) atoms. The molecule has 0 aliphatic carbocycles. The van der Waals surface area contributed by atoms with Crippen LogP contribution in [0.15, 0.2) is 66.8 Å². The molecule has 0 saturated carbocycles. The van der Waals surface area contributed by atoms with E-state index in [2.05, 4.69) is 11.6 Å². The van der Waals surface area contributed by atoms with Crippen molar-refractivity contribution in [3.8, 4) is 11.5 Å². The van der Waals surface area contributed by atoms with Gasteiger partial charge in [-0.1, -0.05) is 48.3 Å². The number of carbonyl (C=O) groups is 3. The quantitative estimate of drug-likeness (QED) is 0.152. The number of methoxy groups -OCH3 is 2. The molecule has 10 heteroatoms. The van der Waals surface area contributed by atoms with Crippen LogP contribution in [-0.4, -0.2) is 48.6 Å². The number of aliphatic hydroxyl groups is 1. The number of aryl methyl sites for hydroxylation is 1. The summed E-state index contributed by atoms with van der Waals surface area (Å²) in [6.07, 6.45) is 1.61. The van der Waals surface area contributed by atoms with Gasteiger partial charge in [-0.25, -0.2) is 9.78 Å². The lowest BCUT2D eigenvalue weighted by Crippen LogP contribution is -2.29. The zero-order valence-corrected chi connectivity index (χ0v) is 21.2. The minimum Gasteiger partial charge on any atom is -0.507 e. The molecular formula is C27H24N2O7S. The third kappa shape index (κ3) is 4.83. The molecule has 1 aliphatic rings. The van der Waals surface area contributed by atoms with Gasteiger partial charge in [0.15, 0.2) is 5.13 Å². The maximum absolute atomic E-state index is 13.3. The predicted octanol–water partition coefficient (Wildman–Crippen LogP) is 4.44. The summed E-state index contributed by atoms with van der Waals surface area (Å²) < 4.78 is 15.6. The Labute approximate surface area is 217 Å². The molecule has 9 nitrogen and oxygen atoms in total. The van der Waals surface area contributed by atoms with E-state index >= 15 is 0 Å². The number of aromatic nitrogens is 1. The summed E-state index contributed by atoms with van der Waals surface area (Å²) in [5.41, 5.74) is 1.07. The summed E-state index contributed by atoms with van der Waals surface area (Å²) in [6.45, 7) is 5.55. The zero-order valence-electron chi connectivity index (χ0n) is 20.4. The second-order valence-electron chi connectivity index (χ2n) is 7.97. The molecule has 0 unspecified atom stereocenters. The third-order valence-electron chi connectivity index (χ3n) is 5.71. The number of hydrogen-bond donors (Lipinski definition) is 1. The highest BCUT2D eigenvalue weighted by atomic mass is 32.1. The minimum atomic E-state index is -1.02. The number of hydrogen-bond acceptors (Lipinski definition) is 9. The first kappa shape index (κ1) is 25.6. The summed E-state index contributed by atoms with van der Waals surface area (Å²) >= 11 is 0.931. The van der Waals surface area contributed by atoms with Crippen LogP contribution in [0, 0.1) is 6.92 Å². The van der Waals surface area contributed by atoms with Gasteiger partial charge in [-0.05, 0) is 36.8 Å². The van der Waals surface area contributed by atoms with Gasteiger partial charge in [-0.2, -0.15) is 0 Å². The molecule has 0 radical (unpaired) electrons. The van der Waals surface area contributed by atoms with E-state index in [1.54, 1.807) is 61.5 Å². The smallest absolute Gasteiger partial charge is 0.350 e. The van der Waals surface area contributed by atoms with E-state index < -0.39 is 23.7 Å². The molecule has 1 saturated heterocycles. The molecule has 190 valence electrons. The first-order chi connectivity index (χ1) is 17.8. The number of nitrogens with zero attached hydrogens (tertiary/aromatic N) is 2. The first-order valence-corrected chi connectivity index (χ1v) is 12.0. The number of aliphatic hydroxyl groups excluding tert-OH is 1. The summed E-state index contributed by atoms with van der Waals surface area (Å²) in [5.74, 6) is -1.70. The normalized spacial score (nSPS) is 16.5. The molecule has 0 bridgehead atoms. The molecule has 1 N–H and O–H groups in total. The van der Waals surface area contributed by atoms with Gasteiger partial charge in [0, 0.05) is 5.56 Å². The largest absolute Gasteiger partial charge is 0.507 e.